The predicted octanol–water partition coefficient (Wildman–Crippen LogP) is 3.56. The van der Waals surface area contributed by atoms with Crippen molar-refractivity contribution in [3.05, 3.63) is 47.0 Å². The van der Waals surface area contributed by atoms with Crippen LogP contribution in [0.5, 0.6) is 0 Å². The van der Waals surface area contributed by atoms with Crippen LogP contribution in [-0.4, -0.2) is 42.0 Å². The van der Waals surface area contributed by atoms with Crippen LogP contribution in [0.4, 0.5) is 0 Å². The van der Waals surface area contributed by atoms with Crippen LogP contribution < -0.4 is 0 Å². The molecule has 2 fully saturated rings. The van der Waals surface area contributed by atoms with Gasteiger partial charge in [0.1, 0.15) is 11.9 Å². The summed E-state index contributed by atoms with van der Waals surface area (Å²) in [5.74, 6) is 1.01. The Bertz CT molecular complexity index is 1000. The van der Waals surface area contributed by atoms with Gasteiger partial charge in [-0.25, -0.2) is 13.4 Å². The number of fused-ring (bicyclic) bond motifs is 1. The average Bonchev–Trinajstić information content (AvgIpc) is 3.48. The molecule has 0 bridgehead atoms. The maximum Gasteiger partial charge on any atom is 0.243 e. The molecule has 5 rings (SSSR count). The first-order valence-electron chi connectivity index (χ1n) is 10.8. The molecular formula is C22H29N3O3S. The molecule has 156 valence electrons. The SMILES string of the molecule is Cc1cnc(C2CCCO2)n1C1CCN(S(=O)(=O)c2ccc3c(c2)CCC3)CC1. The topological polar surface area (TPSA) is 64.4 Å². The van der Waals surface area contributed by atoms with Crippen LogP contribution in [0.15, 0.2) is 29.3 Å². The Kier molecular flexibility index (Phi) is 5.00. The van der Waals surface area contributed by atoms with E-state index in [0.29, 0.717) is 18.0 Å². The standard InChI is InChI=1S/C22H29N3O3S/c1-16-15-23-22(21-6-3-13-28-21)25(16)19-9-11-24(12-10-19)29(26,27)20-8-7-17-4-2-5-18(17)14-20/h7-8,14-15,19,21H,2-6,9-13H2,1H3. The molecule has 3 aliphatic rings. The van der Waals surface area contributed by atoms with Crippen molar-refractivity contribution >= 4 is 10.0 Å². The molecule has 2 aliphatic heterocycles. The summed E-state index contributed by atoms with van der Waals surface area (Å²) in [6.07, 6.45) is 8.90. The Labute approximate surface area is 172 Å². The maximum absolute atomic E-state index is 13.2. The lowest BCUT2D eigenvalue weighted by atomic mass is 10.1. The predicted molar refractivity (Wildman–Crippen MR) is 110 cm³/mol. The third-order valence-corrected chi connectivity index (χ3v) is 8.62. The van der Waals surface area contributed by atoms with Crippen molar-refractivity contribution in [1.29, 1.82) is 0 Å². The van der Waals surface area contributed by atoms with Crippen molar-refractivity contribution in [2.24, 2.45) is 0 Å². The Morgan fingerprint density at radius 3 is 2.62 bits per heavy atom. The van der Waals surface area contributed by atoms with Crippen molar-refractivity contribution in [1.82, 2.24) is 13.9 Å². The first-order valence-corrected chi connectivity index (χ1v) is 12.3. The molecule has 0 radical (unpaired) electrons. The normalized spacial score (nSPS) is 23.6. The Hall–Kier alpha value is -1.70. The van der Waals surface area contributed by atoms with E-state index < -0.39 is 10.0 Å². The van der Waals surface area contributed by atoms with E-state index >= 15 is 0 Å². The van der Waals surface area contributed by atoms with Gasteiger partial charge in [0.15, 0.2) is 0 Å². The number of nitrogens with zero attached hydrogens (tertiary/aromatic N) is 3. The number of ether oxygens (including phenoxy) is 1. The summed E-state index contributed by atoms with van der Waals surface area (Å²) in [7, 11) is -3.43. The van der Waals surface area contributed by atoms with Gasteiger partial charge in [-0.1, -0.05) is 6.07 Å². The van der Waals surface area contributed by atoms with Gasteiger partial charge in [-0.05, 0) is 75.1 Å². The zero-order valence-electron chi connectivity index (χ0n) is 17.0. The molecule has 0 N–H and O–H groups in total. The lowest BCUT2D eigenvalue weighted by Crippen LogP contribution is -2.39. The van der Waals surface area contributed by atoms with Crippen LogP contribution in [0.25, 0.3) is 0 Å². The number of hydrogen-bond acceptors (Lipinski definition) is 4. The van der Waals surface area contributed by atoms with Crippen LogP contribution >= 0.6 is 0 Å². The zero-order valence-corrected chi connectivity index (χ0v) is 17.8. The summed E-state index contributed by atoms with van der Waals surface area (Å²) in [6.45, 7) is 3.98. The van der Waals surface area contributed by atoms with Gasteiger partial charge in [-0.2, -0.15) is 4.31 Å². The summed E-state index contributed by atoms with van der Waals surface area (Å²) in [6, 6.07) is 5.98. The van der Waals surface area contributed by atoms with Crippen LogP contribution in [0.2, 0.25) is 0 Å². The number of rotatable bonds is 4. The van der Waals surface area contributed by atoms with Crippen molar-refractivity contribution in [3.63, 3.8) is 0 Å². The minimum atomic E-state index is -3.43. The summed E-state index contributed by atoms with van der Waals surface area (Å²) in [5.41, 5.74) is 3.64. The molecule has 1 aromatic heterocycles. The lowest BCUT2D eigenvalue weighted by Gasteiger charge is -2.33. The summed E-state index contributed by atoms with van der Waals surface area (Å²) < 4.78 is 36.2. The summed E-state index contributed by atoms with van der Waals surface area (Å²) in [4.78, 5) is 5.08. The van der Waals surface area contributed by atoms with Crippen molar-refractivity contribution in [2.75, 3.05) is 19.7 Å². The molecule has 1 aromatic carbocycles. The summed E-state index contributed by atoms with van der Waals surface area (Å²) >= 11 is 0. The third-order valence-electron chi connectivity index (χ3n) is 6.72. The maximum atomic E-state index is 13.2. The second-order valence-electron chi connectivity index (χ2n) is 8.55. The van der Waals surface area contributed by atoms with E-state index in [1.54, 1.807) is 10.4 Å². The number of sulfonamides is 1. The number of hydrogen-bond donors (Lipinski definition) is 0. The zero-order chi connectivity index (χ0) is 20.0. The van der Waals surface area contributed by atoms with Gasteiger partial charge in [0.25, 0.3) is 0 Å². The molecule has 3 heterocycles. The molecule has 1 atom stereocenters. The largest absolute Gasteiger partial charge is 0.370 e. The molecule has 1 unspecified atom stereocenters. The van der Waals surface area contributed by atoms with Gasteiger partial charge in [-0.15, -0.1) is 0 Å². The van der Waals surface area contributed by atoms with Gasteiger partial charge >= 0.3 is 0 Å². The Balaban J connectivity index is 1.32. The number of aromatic nitrogens is 2. The average molecular weight is 416 g/mol. The molecule has 29 heavy (non-hydrogen) atoms. The van der Waals surface area contributed by atoms with Crippen molar-refractivity contribution < 1.29 is 13.2 Å². The van der Waals surface area contributed by atoms with Gasteiger partial charge in [0.05, 0.1) is 4.90 Å². The van der Waals surface area contributed by atoms with Gasteiger partial charge in [-0.3, -0.25) is 0 Å². The molecular weight excluding hydrogens is 386 g/mol. The molecule has 0 amide bonds. The second-order valence-corrected chi connectivity index (χ2v) is 10.5. The number of piperidine rings is 1. The highest BCUT2D eigenvalue weighted by molar-refractivity contribution is 7.89. The molecule has 2 saturated heterocycles. The van der Waals surface area contributed by atoms with E-state index in [1.807, 2.05) is 18.3 Å². The minimum Gasteiger partial charge on any atom is -0.370 e. The fourth-order valence-corrected chi connectivity index (χ4v) is 6.68. The number of benzene rings is 1. The van der Waals surface area contributed by atoms with E-state index in [9.17, 15) is 8.42 Å². The molecule has 6 nitrogen and oxygen atoms in total. The lowest BCUT2D eigenvalue weighted by molar-refractivity contribution is 0.0982. The van der Waals surface area contributed by atoms with Gasteiger partial charge in [0, 0.05) is 37.6 Å². The van der Waals surface area contributed by atoms with E-state index in [0.717, 1.165) is 63.1 Å². The van der Waals surface area contributed by atoms with E-state index in [4.69, 9.17) is 4.74 Å². The van der Waals surface area contributed by atoms with Crippen molar-refractivity contribution in [3.8, 4) is 0 Å². The fourth-order valence-electron chi connectivity index (χ4n) is 5.16. The van der Waals surface area contributed by atoms with Crippen LogP contribution in [0.3, 0.4) is 0 Å². The van der Waals surface area contributed by atoms with E-state index in [2.05, 4.69) is 16.5 Å². The first-order chi connectivity index (χ1) is 14.0. The van der Waals surface area contributed by atoms with Gasteiger partial charge in [0.2, 0.25) is 10.0 Å². The van der Waals surface area contributed by atoms with E-state index in [-0.39, 0.29) is 12.1 Å². The number of imidazole rings is 1. The highest BCUT2D eigenvalue weighted by Gasteiger charge is 2.33. The monoisotopic (exact) mass is 415 g/mol. The highest BCUT2D eigenvalue weighted by atomic mass is 32.2. The first kappa shape index (κ1) is 19.3. The minimum absolute atomic E-state index is 0.0804. The fraction of sp³-hybridized carbons (Fsp3) is 0.591. The Morgan fingerprint density at radius 2 is 1.86 bits per heavy atom. The molecule has 0 spiro atoms. The van der Waals surface area contributed by atoms with Gasteiger partial charge < -0.3 is 9.30 Å². The molecule has 2 aromatic rings. The molecule has 7 heteroatoms. The molecule has 0 saturated carbocycles. The quantitative estimate of drug-likeness (QED) is 0.766. The van der Waals surface area contributed by atoms with Crippen LogP contribution in [-0.2, 0) is 27.6 Å². The smallest absolute Gasteiger partial charge is 0.243 e. The van der Waals surface area contributed by atoms with Crippen molar-refractivity contribution in [2.45, 2.75) is 68.9 Å². The van der Waals surface area contributed by atoms with Crippen LogP contribution in [0.1, 0.15) is 66.9 Å². The highest BCUT2D eigenvalue weighted by Crippen LogP contribution is 2.35. The Morgan fingerprint density at radius 1 is 1.07 bits per heavy atom. The molecule has 1 aliphatic carbocycles. The second kappa shape index (κ2) is 7.52. The third kappa shape index (κ3) is 3.43. The summed E-state index contributed by atoms with van der Waals surface area (Å²) in [5, 5.41) is 0. The van der Waals surface area contributed by atoms with E-state index in [1.165, 1.54) is 11.1 Å². The van der Waals surface area contributed by atoms with Crippen LogP contribution in [0, 0.1) is 6.92 Å². The number of aryl methyl sites for hydroxylation is 3.